The maximum absolute atomic E-state index is 11.9. The molecule has 0 spiro atoms. The second kappa shape index (κ2) is 5.36. The van der Waals surface area contributed by atoms with E-state index >= 15 is 0 Å². The molecule has 0 aliphatic heterocycles. The summed E-state index contributed by atoms with van der Waals surface area (Å²) in [6.45, 7) is 5.26. The van der Waals surface area contributed by atoms with Crippen LogP contribution in [0.15, 0.2) is 14.1 Å². The van der Waals surface area contributed by atoms with Crippen LogP contribution in [0.4, 0.5) is 0 Å². The number of hydrogen-bond acceptors (Lipinski definition) is 4. The SMILES string of the molecule is CCC(C)(O)CNS(=O)(=O)c1cc(C)c(Br)s1. The monoisotopic (exact) mass is 341 g/mol. The first-order valence-corrected chi connectivity index (χ1v) is 8.25. The molecule has 0 saturated carbocycles. The van der Waals surface area contributed by atoms with Crippen molar-refractivity contribution in [3.63, 3.8) is 0 Å². The quantitative estimate of drug-likeness (QED) is 0.863. The van der Waals surface area contributed by atoms with E-state index in [1.807, 2.05) is 6.92 Å². The zero-order valence-electron chi connectivity index (χ0n) is 9.95. The van der Waals surface area contributed by atoms with Crippen molar-refractivity contribution in [1.82, 2.24) is 4.72 Å². The highest BCUT2D eigenvalue weighted by molar-refractivity contribution is 9.11. The number of sulfonamides is 1. The molecule has 0 aromatic carbocycles. The summed E-state index contributed by atoms with van der Waals surface area (Å²) in [7, 11) is -3.53. The molecule has 1 atom stereocenters. The summed E-state index contributed by atoms with van der Waals surface area (Å²) in [5.74, 6) is 0. The molecule has 1 aromatic rings. The minimum Gasteiger partial charge on any atom is -0.389 e. The topological polar surface area (TPSA) is 66.4 Å². The third kappa shape index (κ3) is 4.03. The van der Waals surface area contributed by atoms with Gasteiger partial charge in [0.15, 0.2) is 0 Å². The summed E-state index contributed by atoms with van der Waals surface area (Å²) in [5, 5.41) is 9.76. The van der Waals surface area contributed by atoms with Crippen molar-refractivity contribution in [2.45, 2.75) is 37.0 Å². The fourth-order valence-electron chi connectivity index (χ4n) is 1.01. The molecule has 1 aromatic heterocycles. The molecule has 1 unspecified atom stereocenters. The van der Waals surface area contributed by atoms with E-state index in [0.717, 1.165) is 20.7 Å². The van der Waals surface area contributed by atoms with E-state index in [-0.39, 0.29) is 10.8 Å². The molecule has 0 saturated heterocycles. The molecule has 17 heavy (non-hydrogen) atoms. The van der Waals surface area contributed by atoms with Crippen LogP contribution in [-0.2, 0) is 10.0 Å². The average molecular weight is 342 g/mol. The minimum atomic E-state index is -3.53. The standard InChI is InChI=1S/C10H16BrNO3S2/c1-4-10(3,13)6-12-17(14,15)8-5-7(2)9(11)16-8/h5,12-13H,4,6H2,1-3H3. The van der Waals surface area contributed by atoms with Crippen LogP contribution >= 0.6 is 27.3 Å². The van der Waals surface area contributed by atoms with E-state index in [4.69, 9.17) is 0 Å². The molecule has 0 bridgehead atoms. The first-order valence-electron chi connectivity index (χ1n) is 5.16. The second-order valence-corrected chi connectivity index (χ2v) is 8.56. The predicted octanol–water partition coefficient (Wildman–Crippen LogP) is 2.26. The van der Waals surface area contributed by atoms with Crippen molar-refractivity contribution in [2.24, 2.45) is 0 Å². The largest absolute Gasteiger partial charge is 0.389 e. The maximum Gasteiger partial charge on any atom is 0.250 e. The van der Waals surface area contributed by atoms with Crippen molar-refractivity contribution in [3.05, 3.63) is 15.4 Å². The first-order chi connectivity index (χ1) is 7.68. The molecule has 98 valence electrons. The van der Waals surface area contributed by atoms with Crippen LogP contribution in [0.1, 0.15) is 25.8 Å². The lowest BCUT2D eigenvalue weighted by atomic mass is 10.1. The van der Waals surface area contributed by atoms with Crippen molar-refractivity contribution in [3.8, 4) is 0 Å². The van der Waals surface area contributed by atoms with Crippen LogP contribution in [0.2, 0.25) is 0 Å². The summed E-state index contributed by atoms with van der Waals surface area (Å²) in [5.41, 5.74) is -0.131. The molecule has 0 fully saturated rings. The molecule has 1 heterocycles. The average Bonchev–Trinajstić information content (AvgIpc) is 2.58. The normalized spacial score (nSPS) is 15.8. The van der Waals surface area contributed by atoms with Crippen molar-refractivity contribution < 1.29 is 13.5 Å². The van der Waals surface area contributed by atoms with Crippen LogP contribution in [0, 0.1) is 6.92 Å². The van der Waals surface area contributed by atoms with E-state index in [0.29, 0.717) is 6.42 Å². The smallest absolute Gasteiger partial charge is 0.250 e. The molecule has 2 N–H and O–H groups in total. The van der Waals surface area contributed by atoms with Gasteiger partial charge in [-0.05, 0) is 47.8 Å². The fraction of sp³-hybridized carbons (Fsp3) is 0.600. The van der Waals surface area contributed by atoms with Gasteiger partial charge in [-0.2, -0.15) is 0 Å². The van der Waals surface area contributed by atoms with Crippen molar-refractivity contribution in [1.29, 1.82) is 0 Å². The van der Waals surface area contributed by atoms with Crippen LogP contribution in [0.5, 0.6) is 0 Å². The predicted molar refractivity (Wildman–Crippen MR) is 72.9 cm³/mol. The summed E-state index contributed by atoms with van der Waals surface area (Å²) >= 11 is 4.45. The molecule has 4 nitrogen and oxygen atoms in total. The molecule has 7 heteroatoms. The molecular weight excluding hydrogens is 326 g/mol. The van der Waals surface area contributed by atoms with E-state index in [1.165, 1.54) is 0 Å². The summed E-state index contributed by atoms with van der Waals surface area (Å²) in [6, 6.07) is 1.61. The van der Waals surface area contributed by atoms with Gasteiger partial charge in [0.1, 0.15) is 4.21 Å². The third-order valence-electron chi connectivity index (χ3n) is 2.50. The van der Waals surface area contributed by atoms with Gasteiger partial charge in [-0.3, -0.25) is 0 Å². The lowest BCUT2D eigenvalue weighted by Crippen LogP contribution is -2.39. The Morgan fingerprint density at radius 1 is 1.59 bits per heavy atom. The van der Waals surface area contributed by atoms with Crippen LogP contribution < -0.4 is 4.72 Å². The van der Waals surface area contributed by atoms with Gasteiger partial charge in [0.05, 0.1) is 9.39 Å². The van der Waals surface area contributed by atoms with Gasteiger partial charge < -0.3 is 5.11 Å². The van der Waals surface area contributed by atoms with E-state index in [9.17, 15) is 13.5 Å². The zero-order valence-corrected chi connectivity index (χ0v) is 13.2. The van der Waals surface area contributed by atoms with Gasteiger partial charge >= 0.3 is 0 Å². The highest BCUT2D eigenvalue weighted by Gasteiger charge is 2.23. The number of halogens is 1. The number of aliphatic hydroxyl groups is 1. The van der Waals surface area contributed by atoms with E-state index < -0.39 is 15.6 Å². The minimum absolute atomic E-state index is 0.0143. The van der Waals surface area contributed by atoms with Crippen LogP contribution in [-0.4, -0.2) is 25.7 Å². The fourth-order valence-corrected chi connectivity index (χ4v) is 4.44. The van der Waals surface area contributed by atoms with E-state index in [2.05, 4.69) is 20.7 Å². The Balaban J connectivity index is 2.83. The molecule has 0 radical (unpaired) electrons. The molecular formula is C10H16BrNO3S2. The third-order valence-corrected chi connectivity index (χ3v) is 6.52. The Bertz CT molecular complexity index is 474. The Morgan fingerprint density at radius 2 is 2.18 bits per heavy atom. The number of rotatable bonds is 5. The van der Waals surface area contributed by atoms with Crippen molar-refractivity contribution >= 4 is 37.3 Å². The van der Waals surface area contributed by atoms with Gasteiger partial charge in [0.2, 0.25) is 10.0 Å². The zero-order chi connectivity index (χ0) is 13.3. The lowest BCUT2D eigenvalue weighted by molar-refractivity contribution is 0.0614. The summed E-state index contributed by atoms with van der Waals surface area (Å²) < 4.78 is 27.3. The van der Waals surface area contributed by atoms with Crippen molar-refractivity contribution in [2.75, 3.05) is 6.54 Å². The number of hydrogen-bond donors (Lipinski definition) is 2. The van der Waals surface area contributed by atoms with Crippen LogP contribution in [0.3, 0.4) is 0 Å². The van der Waals surface area contributed by atoms with Gasteiger partial charge in [0, 0.05) is 6.54 Å². The highest BCUT2D eigenvalue weighted by atomic mass is 79.9. The Kier molecular flexibility index (Phi) is 4.76. The summed E-state index contributed by atoms with van der Waals surface area (Å²) in [6.07, 6.45) is 0.489. The number of aryl methyl sites for hydroxylation is 1. The maximum atomic E-state index is 11.9. The lowest BCUT2D eigenvalue weighted by Gasteiger charge is -2.21. The van der Waals surface area contributed by atoms with Gasteiger partial charge in [-0.1, -0.05) is 6.92 Å². The Hall–Kier alpha value is 0.0500. The first kappa shape index (κ1) is 15.1. The molecule has 0 amide bonds. The summed E-state index contributed by atoms with van der Waals surface area (Å²) in [4.78, 5) is 0. The molecule has 0 aliphatic rings. The van der Waals surface area contributed by atoms with Gasteiger partial charge in [-0.25, -0.2) is 13.1 Å². The Labute approximate surface area is 114 Å². The number of thiophene rings is 1. The number of nitrogens with one attached hydrogen (secondary N) is 1. The second-order valence-electron chi connectivity index (χ2n) is 4.20. The molecule has 1 rings (SSSR count). The molecule has 0 aliphatic carbocycles. The van der Waals surface area contributed by atoms with Crippen LogP contribution in [0.25, 0.3) is 0 Å². The van der Waals surface area contributed by atoms with Gasteiger partial charge in [0.25, 0.3) is 0 Å². The van der Waals surface area contributed by atoms with E-state index in [1.54, 1.807) is 19.9 Å². The Morgan fingerprint density at radius 3 is 2.59 bits per heavy atom. The van der Waals surface area contributed by atoms with Gasteiger partial charge in [-0.15, -0.1) is 11.3 Å². The highest BCUT2D eigenvalue weighted by Crippen LogP contribution is 2.30.